The van der Waals surface area contributed by atoms with Gasteiger partial charge in [-0.3, -0.25) is 10.2 Å². The molecular weight excluding hydrogens is 307 g/mol. The maximum Gasteiger partial charge on any atom is 0.266 e. The lowest BCUT2D eigenvalue weighted by Crippen LogP contribution is -2.41. The molecule has 0 spiro atoms. The molecule has 22 heavy (non-hydrogen) atoms. The van der Waals surface area contributed by atoms with E-state index in [4.69, 9.17) is 0 Å². The Kier molecular flexibility index (Phi) is 4.58. The van der Waals surface area contributed by atoms with E-state index in [1.54, 1.807) is 19.1 Å². The van der Waals surface area contributed by atoms with Crippen LogP contribution >= 0.6 is 0 Å². The number of aryl methyl sites for hydroxylation is 2. The van der Waals surface area contributed by atoms with Gasteiger partial charge in [-0.1, -0.05) is 23.8 Å². The Balaban J connectivity index is 2.13. The Morgan fingerprint density at radius 1 is 1.09 bits per heavy atom. The molecule has 5 nitrogen and oxygen atoms in total. The molecule has 2 aromatic carbocycles. The van der Waals surface area contributed by atoms with Gasteiger partial charge in [0.1, 0.15) is 5.82 Å². The van der Waals surface area contributed by atoms with E-state index in [0.717, 1.165) is 23.3 Å². The molecule has 1 amide bonds. The Morgan fingerprint density at radius 3 is 2.45 bits per heavy atom. The topological polar surface area (TPSA) is 75.3 Å². The molecule has 0 aliphatic heterocycles. The van der Waals surface area contributed by atoms with Gasteiger partial charge in [0.15, 0.2) is 0 Å². The van der Waals surface area contributed by atoms with Gasteiger partial charge in [0.05, 0.1) is 4.90 Å². The fourth-order valence-corrected chi connectivity index (χ4v) is 2.81. The molecule has 2 aromatic rings. The third-order valence-corrected chi connectivity index (χ3v) is 4.28. The zero-order valence-corrected chi connectivity index (χ0v) is 12.9. The van der Waals surface area contributed by atoms with Crippen LogP contribution in [0.3, 0.4) is 0 Å². The van der Waals surface area contributed by atoms with Crippen LogP contribution in [0.2, 0.25) is 0 Å². The lowest BCUT2D eigenvalue weighted by molar-refractivity contribution is 0.0944. The van der Waals surface area contributed by atoms with Crippen LogP contribution in [-0.4, -0.2) is 14.3 Å². The van der Waals surface area contributed by atoms with Gasteiger partial charge in [-0.15, -0.1) is 4.83 Å². The lowest BCUT2D eigenvalue weighted by Gasteiger charge is -2.10. The zero-order valence-electron chi connectivity index (χ0n) is 12.1. The molecule has 0 aliphatic rings. The lowest BCUT2D eigenvalue weighted by atomic mass is 10.1. The summed E-state index contributed by atoms with van der Waals surface area (Å²) in [5, 5.41) is 0. The van der Waals surface area contributed by atoms with E-state index < -0.39 is 21.7 Å². The van der Waals surface area contributed by atoms with Crippen LogP contribution in [0.15, 0.2) is 47.4 Å². The number of benzene rings is 2. The minimum Gasteiger partial charge on any atom is -0.273 e. The summed E-state index contributed by atoms with van der Waals surface area (Å²) < 4.78 is 37.0. The van der Waals surface area contributed by atoms with E-state index in [9.17, 15) is 17.6 Å². The predicted molar refractivity (Wildman–Crippen MR) is 80.1 cm³/mol. The van der Waals surface area contributed by atoms with Crippen molar-refractivity contribution in [1.29, 1.82) is 0 Å². The van der Waals surface area contributed by atoms with Crippen molar-refractivity contribution in [3.05, 3.63) is 65.0 Å². The fourth-order valence-electron chi connectivity index (χ4n) is 1.94. The van der Waals surface area contributed by atoms with Gasteiger partial charge in [-0.25, -0.2) is 12.8 Å². The molecule has 7 heteroatoms. The van der Waals surface area contributed by atoms with E-state index >= 15 is 0 Å². The molecule has 0 saturated heterocycles. The van der Waals surface area contributed by atoms with Gasteiger partial charge in [0, 0.05) is 5.56 Å². The Labute approximate surface area is 128 Å². The van der Waals surface area contributed by atoms with Gasteiger partial charge < -0.3 is 0 Å². The Bertz CT molecular complexity index is 819. The second kappa shape index (κ2) is 6.25. The quantitative estimate of drug-likeness (QED) is 0.846. The van der Waals surface area contributed by atoms with Crippen molar-refractivity contribution in [1.82, 2.24) is 10.3 Å². The molecule has 0 saturated carbocycles. The second-order valence-electron chi connectivity index (χ2n) is 4.84. The number of carbonyl (C=O) groups is 1. The van der Waals surface area contributed by atoms with Crippen LogP contribution in [0.25, 0.3) is 0 Å². The summed E-state index contributed by atoms with van der Waals surface area (Å²) in [6.45, 7) is 3.64. The molecule has 0 unspecified atom stereocenters. The third kappa shape index (κ3) is 3.69. The van der Waals surface area contributed by atoms with Gasteiger partial charge in [-0.2, -0.15) is 0 Å². The number of rotatable bonds is 4. The number of amides is 1. The van der Waals surface area contributed by atoms with Crippen molar-refractivity contribution >= 4 is 15.9 Å². The molecule has 2 rings (SSSR count). The van der Waals surface area contributed by atoms with Crippen molar-refractivity contribution in [2.75, 3.05) is 0 Å². The minimum atomic E-state index is -4.03. The summed E-state index contributed by atoms with van der Waals surface area (Å²) in [5.74, 6) is -1.26. The summed E-state index contributed by atoms with van der Waals surface area (Å²) in [5.41, 5.74) is 4.19. The van der Waals surface area contributed by atoms with E-state index in [2.05, 4.69) is 5.43 Å². The van der Waals surface area contributed by atoms with Crippen molar-refractivity contribution in [2.45, 2.75) is 18.7 Å². The van der Waals surface area contributed by atoms with Crippen molar-refractivity contribution in [2.24, 2.45) is 0 Å². The molecule has 0 aliphatic carbocycles. The number of hydrazine groups is 1. The SMILES string of the molecule is Cc1ccc(C(=O)NNS(=O)(=O)c2cccc(F)c2)c(C)c1. The summed E-state index contributed by atoms with van der Waals surface area (Å²) in [4.78, 5) is 13.7. The molecule has 0 fully saturated rings. The van der Waals surface area contributed by atoms with Gasteiger partial charge in [0.25, 0.3) is 15.9 Å². The van der Waals surface area contributed by atoms with Crippen molar-refractivity contribution in [3.8, 4) is 0 Å². The monoisotopic (exact) mass is 322 g/mol. The van der Waals surface area contributed by atoms with Crippen molar-refractivity contribution in [3.63, 3.8) is 0 Å². The Morgan fingerprint density at radius 2 is 1.82 bits per heavy atom. The normalized spacial score (nSPS) is 11.2. The first-order valence-electron chi connectivity index (χ1n) is 6.44. The van der Waals surface area contributed by atoms with Gasteiger partial charge in [0.2, 0.25) is 0 Å². The van der Waals surface area contributed by atoms with Crippen molar-refractivity contribution < 1.29 is 17.6 Å². The largest absolute Gasteiger partial charge is 0.273 e. The molecular formula is C15H15FN2O3S. The van der Waals surface area contributed by atoms with E-state index in [1.165, 1.54) is 12.1 Å². The number of hydrogen-bond acceptors (Lipinski definition) is 3. The number of halogens is 1. The molecule has 0 aromatic heterocycles. The fraction of sp³-hybridized carbons (Fsp3) is 0.133. The third-order valence-electron chi connectivity index (χ3n) is 3.03. The van der Waals surface area contributed by atoms with Crippen LogP contribution in [-0.2, 0) is 10.0 Å². The highest BCUT2D eigenvalue weighted by atomic mass is 32.2. The van der Waals surface area contributed by atoms with E-state index in [1.807, 2.05) is 17.8 Å². The first-order chi connectivity index (χ1) is 10.3. The van der Waals surface area contributed by atoms with Crippen LogP contribution in [0, 0.1) is 19.7 Å². The van der Waals surface area contributed by atoms with Gasteiger partial charge >= 0.3 is 0 Å². The maximum absolute atomic E-state index is 13.1. The highest BCUT2D eigenvalue weighted by Gasteiger charge is 2.17. The first kappa shape index (κ1) is 16.1. The Hall–Kier alpha value is -2.25. The van der Waals surface area contributed by atoms with Crippen LogP contribution < -0.4 is 10.3 Å². The van der Waals surface area contributed by atoms with Crippen LogP contribution in [0.5, 0.6) is 0 Å². The van der Waals surface area contributed by atoms with E-state index in [-0.39, 0.29) is 4.90 Å². The number of carbonyl (C=O) groups excluding carboxylic acids is 1. The van der Waals surface area contributed by atoms with E-state index in [0.29, 0.717) is 5.56 Å². The first-order valence-corrected chi connectivity index (χ1v) is 7.93. The zero-order chi connectivity index (χ0) is 16.3. The average molecular weight is 322 g/mol. The molecule has 0 bridgehead atoms. The number of hydrogen-bond donors (Lipinski definition) is 2. The summed E-state index contributed by atoms with van der Waals surface area (Å²) in [6, 6.07) is 9.68. The predicted octanol–water partition coefficient (Wildman–Crippen LogP) is 2.07. The highest BCUT2D eigenvalue weighted by Crippen LogP contribution is 2.11. The average Bonchev–Trinajstić information content (AvgIpc) is 2.45. The molecule has 116 valence electrons. The smallest absolute Gasteiger partial charge is 0.266 e. The standard InChI is InChI=1S/C15H15FN2O3S/c1-10-6-7-14(11(2)8-10)15(19)17-18-22(20,21)13-5-3-4-12(16)9-13/h3-9,18H,1-2H3,(H,17,19). The minimum absolute atomic E-state index is 0.270. The molecule has 0 heterocycles. The maximum atomic E-state index is 13.1. The van der Waals surface area contributed by atoms with Crippen LogP contribution in [0.4, 0.5) is 4.39 Å². The molecule has 0 atom stereocenters. The van der Waals surface area contributed by atoms with Gasteiger partial charge in [-0.05, 0) is 43.7 Å². The second-order valence-corrected chi connectivity index (χ2v) is 6.52. The summed E-state index contributed by atoms with van der Waals surface area (Å²) in [6.07, 6.45) is 0. The molecule has 0 radical (unpaired) electrons. The highest BCUT2D eigenvalue weighted by molar-refractivity contribution is 7.89. The van der Waals surface area contributed by atoms with Crippen LogP contribution in [0.1, 0.15) is 21.5 Å². The summed E-state index contributed by atoms with van der Waals surface area (Å²) >= 11 is 0. The summed E-state index contributed by atoms with van der Waals surface area (Å²) in [7, 11) is -4.03. The number of nitrogens with one attached hydrogen (secondary N) is 2. The molecule has 2 N–H and O–H groups in total. The number of sulfonamides is 1.